The van der Waals surface area contributed by atoms with Crippen molar-refractivity contribution in [3.8, 4) is 5.75 Å². The number of hydrogen-bond donors (Lipinski definition) is 2. The fourth-order valence-electron chi connectivity index (χ4n) is 4.72. The lowest BCUT2D eigenvalue weighted by Crippen LogP contribution is -2.34. The van der Waals surface area contributed by atoms with E-state index in [4.69, 9.17) is 4.42 Å². The van der Waals surface area contributed by atoms with E-state index in [9.17, 15) is 15.0 Å². The van der Waals surface area contributed by atoms with Crippen molar-refractivity contribution in [3.63, 3.8) is 0 Å². The summed E-state index contributed by atoms with van der Waals surface area (Å²) in [4.78, 5) is 14.1. The molecule has 2 atom stereocenters. The first-order chi connectivity index (χ1) is 10.2. The van der Waals surface area contributed by atoms with Crippen LogP contribution in [-0.4, -0.2) is 27.7 Å². The second-order valence-electron chi connectivity index (χ2n) is 8.13. The summed E-state index contributed by atoms with van der Waals surface area (Å²) >= 11 is 0. The molecule has 5 nitrogen and oxygen atoms in total. The van der Waals surface area contributed by atoms with Gasteiger partial charge >= 0.3 is 0 Å². The SMILES string of the molecule is CC1(C)C[C@H]2C[C@](C)(CN2Cc2oc(CO)cc(=O)c2O)C1. The Labute approximate surface area is 130 Å². The summed E-state index contributed by atoms with van der Waals surface area (Å²) < 4.78 is 5.49. The Balaban J connectivity index is 1.86. The van der Waals surface area contributed by atoms with Crippen LogP contribution < -0.4 is 5.43 Å². The Morgan fingerprint density at radius 3 is 2.77 bits per heavy atom. The topological polar surface area (TPSA) is 73.9 Å². The quantitative estimate of drug-likeness (QED) is 0.896. The molecule has 2 N–H and O–H groups in total. The van der Waals surface area contributed by atoms with E-state index in [1.807, 2.05) is 0 Å². The van der Waals surface area contributed by atoms with Crippen molar-refractivity contribution in [1.29, 1.82) is 0 Å². The molecule has 122 valence electrons. The van der Waals surface area contributed by atoms with Gasteiger partial charge in [-0.1, -0.05) is 20.8 Å². The van der Waals surface area contributed by atoms with Crippen LogP contribution in [0.4, 0.5) is 0 Å². The van der Waals surface area contributed by atoms with Crippen LogP contribution in [0.1, 0.15) is 51.6 Å². The van der Waals surface area contributed by atoms with Crippen molar-refractivity contribution in [2.45, 2.75) is 59.2 Å². The second-order valence-corrected chi connectivity index (χ2v) is 8.13. The molecule has 1 saturated carbocycles. The minimum atomic E-state index is -0.487. The Hall–Kier alpha value is -1.33. The molecule has 22 heavy (non-hydrogen) atoms. The van der Waals surface area contributed by atoms with Crippen LogP contribution in [0.2, 0.25) is 0 Å². The summed E-state index contributed by atoms with van der Waals surface area (Å²) in [7, 11) is 0. The molecule has 0 amide bonds. The molecule has 2 fully saturated rings. The van der Waals surface area contributed by atoms with Crippen molar-refractivity contribution in [1.82, 2.24) is 4.90 Å². The van der Waals surface area contributed by atoms with Gasteiger partial charge in [0.1, 0.15) is 12.4 Å². The lowest BCUT2D eigenvalue weighted by Gasteiger charge is -2.39. The van der Waals surface area contributed by atoms with E-state index in [2.05, 4.69) is 25.7 Å². The number of hydrogen-bond acceptors (Lipinski definition) is 5. The monoisotopic (exact) mass is 307 g/mol. The van der Waals surface area contributed by atoms with Crippen LogP contribution in [0.25, 0.3) is 0 Å². The van der Waals surface area contributed by atoms with E-state index in [1.54, 1.807) is 0 Å². The molecule has 3 rings (SSSR count). The number of aliphatic hydroxyl groups is 1. The average Bonchev–Trinajstić information content (AvgIpc) is 2.63. The first-order valence-electron chi connectivity index (χ1n) is 7.91. The molecule has 1 aliphatic carbocycles. The lowest BCUT2D eigenvalue weighted by molar-refractivity contribution is 0.124. The highest BCUT2D eigenvalue weighted by Crippen LogP contribution is 2.52. The summed E-state index contributed by atoms with van der Waals surface area (Å²) in [6.07, 6.45) is 3.47. The van der Waals surface area contributed by atoms with Crippen LogP contribution in [0, 0.1) is 10.8 Å². The zero-order valence-electron chi connectivity index (χ0n) is 13.6. The Kier molecular flexibility index (Phi) is 3.61. The normalized spacial score (nSPS) is 30.6. The maximum Gasteiger partial charge on any atom is 0.227 e. The molecule has 2 bridgehead atoms. The number of nitrogens with zero attached hydrogens (tertiary/aromatic N) is 1. The van der Waals surface area contributed by atoms with Crippen LogP contribution >= 0.6 is 0 Å². The fourth-order valence-corrected chi connectivity index (χ4v) is 4.72. The van der Waals surface area contributed by atoms with Gasteiger partial charge in [-0.2, -0.15) is 0 Å². The van der Waals surface area contributed by atoms with Gasteiger partial charge in [0.15, 0.2) is 5.76 Å². The third kappa shape index (κ3) is 2.79. The molecule has 1 aromatic heterocycles. The van der Waals surface area contributed by atoms with Crippen LogP contribution in [0.15, 0.2) is 15.3 Å². The average molecular weight is 307 g/mol. The zero-order chi connectivity index (χ0) is 16.1. The first kappa shape index (κ1) is 15.6. The summed E-state index contributed by atoms with van der Waals surface area (Å²) in [6.45, 7) is 7.98. The molecule has 0 spiro atoms. The van der Waals surface area contributed by atoms with Gasteiger partial charge in [0, 0.05) is 18.7 Å². The molecule has 1 aliphatic heterocycles. The number of aliphatic hydroxyl groups excluding tert-OH is 1. The van der Waals surface area contributed by atoms with Crippen molar-refractivity contribution >= 4 is 0 Å². The molecule has 0 unspecified atom stereocenters. The van der Waals surface area contributed by atoms with Crippen LogP contribution in [0.5, 0.6) is 5.75 Å². The zero-order valence-corrected chi connectivity index (χ0v) is 13.6. The van der Waals surface area contributed by atoms with E-state index in [-0.39, 0.29) is 29.3 Å². The van der Waals surface area contributed by atoms with Gasteiger partial charge in [-0.15, -0.1) is 0 Å². The van der Waals surface area contributed by atoms with Crippen molar-refractivity contribution in [3.05, 3.63) is 27.8 Å². The lowest BCUT2D eigenvalue weighted by atomic mass is 9.65. The minimum Gasteiger partial charge on any atom is -0.502 e. The number of likely N-dealkylation sites (tertiary alicyclic amines) is 1. The maximum atomic E-state index is 11.7. The molecular weight excluding hydrogens is 282 g/mol. The number of fused-ring (bicyclic) bond motifs is 2. The van der Waals surface area contributed by atoms with Crippen molar-refractivity contribution in [2.75, 3.05) is 6.54 Å². The van der Waals surface area contributed by atoms with Gasteiger partial charge in [-0.25, -0.2) is 0 Å². The van der Waals surface area contributed by atoms with Gasteiger partial charge in [-0.3, -0.25) is 9.69 Å². The Bertz CT molecular complexity index is 636. The first-order valence-corrected chi connectivity index (χ1v) is 7.91. The second kappa shape index (κ2) is 5.10. The molecule has 2 heterocycles. The van der Waals surface area contributed by atoms with Crippen LogP contribution in [-0.2, 0) is 13.2 Å². The summed E-state index contributed by atoms with van der Waals surface area (Å²) in [5.41, 5.74) is 0.123. The summed E-state index contributed by atoms with van der Waals surface area (Å²) in [5, 5.41) is 19.1. The predicted molar refractivity (Wildman–Crippen MR) is 82.5 cm³/mol. The summed E-state index contributed by atoms with van der Waals surface area (Å²) in [6, 6.07) is 1.60. The molecule has 0 aromatic carbocycles. The van der Waals surface area contributed by atoms with Crippen molar-refractivity contribution < 1.29 is 14.6 Å². The third-order valence-corrected chi connectivity index (χ3v) is 5.07. The predicted octanol–water partition coefficient (Wildman–Crippen LogP) is 2.24. The number of aromatic hydroxyl groups is 1. The molecule has 2 aliphatic rings. The highest BCUT2D eigenvalue weighted by molar-refractivity contribution is 5.25. The third-order valence-electron chi connectivity index (χ3n) is 5.07. The van der Waals surface area contributed by atoms with E-state index in [0.717, 1.165) is 25.5 Å². The van der Waals surface area contributed by atoms with E-state index >= 15 is 0 Å². The molecule has 1 aromatic rings. The maximum absolute atomic E-state index is 11.7. The van der Waals surface area contributed by atoms with Crippen LogP contribution in [0.3, 0.4) is 0 Å². The molecule has 1 saturated heterocycles. The highest BCUT2D eigenvalue weighted by Gasteiger charge is 2.49. The Morgan fingerprint density at radius 1 is 1.36 bits per heavy atom. The van der Waals surface area contributed by atoms with Gasteiger partial charge in [0.05, 0.1) is 6.54 Å². The summed E-state index contributed by atoms with van der Waals surface area (Å²) in [5.74, 6) is 0.139. The van der Waals surface area contributed by atoms with Gasteiger partial charge < -0.3 is 14.6 Å². The number of rotatable bonds is 3. The molecular formula is C17H25NO4. The standard InChI is InChI=1S/C17H25NO4/c1-16(2)5-11-6-17(3,9-16)10-18(11)7-14-15(21)13(20)4-12(8-19)22-14/h4,11,19,21H,5-10H2,1-3H3/t11-,17-/m0/s1. The molecule has 0 radical (unpaired) electrons. The minimum absolute atomic E-state index is 0.200. The Morgan fingerprint density at radius 2 is 2.09 bits per heavy atom. The fraction of sp³-hybridized carbons (Fsp3) is 0.706. The largest absolute Gasteiger partial charge is 0.502 e. The van der Waals surface area contributed by atoms with E-state index < -0.39 is 5.43 Å². The van der Waals surface area contributed by atoms with Crippen molar-refractivity contribution in [2.24, 2.45) is 10.8 Å². The highest BCUT2D eigenvalue weighted by atomic mass is 16.4. The van der Waals surface area contributed by atoms with Gasteiger partial charge in [-0.05, 0) is 30.1 Å². The van der Waals surface area contributed by atoms with E-state index in [1.165, 1.54) is 6.42 Å². The van der Waals surface area contributed by atoms with Gasteiger partial charge in [0.2, 0.25) is 11.2 Å². The molecule has 5 heteroatoms. The smallest absolute Gasteiger partial charge is 0.227 e. The van der Waals surface area contributed by atoms with Gasteiger partial charge in [0.25, 0.3) is 0 Å². The van der Waals surface area contributed by atoms with E-state index in [0.29, 0.717) is 18.0 Å².